The molecule has 1 atom stereocenters. The fourth-order valence-corrected chi connectivity index (χ4v) is 5.48. The van der Waals surface area contributed by atoms with Gasteiger partial charge in [0.05, 0.1) is 11.9 Å². The van der Waals surface area contributed by atoms with Gasteiger partial charge < -0.3 is 10.1 Å². The number of aliphatic hydroxyl groups excluding tert-OH is 1. The van der Waals surface area contributed by atoms with E-state index < -0.39 is 16.1 Å². The van der Waals surface area contributed by atoms with Crippen molar-refractivity contribution in [2.24, 2.45) is 10.9 Å². The number of sulfonamides is 1. The van der Waals surface area contributed by atoms with E-state index in [0.29, 0.717) is 25.8 Å². The van der Waals surface area contributed by atoms with Crippen LogP contribution in [0.3, 0.4) is 0 Å². The van der Waals surface area contributed by atoms with E-state index in [1.165, 1.54) is 0 Å². The second-order valence-electron chi connectivity index (χ2n) is 7.61. The Morgan fingerprint density at radius 2 is 2.19 bits per heavy atom. The van der Waals surface area contributed by atoms with Gasteiger partial charge in [-0.3, -0.25) is 4.99 Å². The van der Waals surface area contributed by atoms with Crippen molar-refractivity contribution in [2.75, 3.05) is 12.3 Å². The molecule has 7 nitrogen and oxygen atoms in total. The lowest BCUT2D eigenvalue weighted by molar-refractivity contribution is 0.167. The second-order valence-corrected chi connectivity index (χ2v) is 9.49. The number of aromatic nitrogens is 2. The van der Waals surface area contributed by atoms with E-state index in [1.807, 2.05) is 25.4 Å². The highest BCUT2D eigenvalue weighted by Crippen LogP contribution is 2.36. The lowest BCUT2D eigenvalue weighted by Gasteiger charge is -2.37. The monoisotopic (exact) mass is 390 g/mol. The fourth-order valence-electron chi connectivity index (χ4n) is 4.13. The Kier molecular flexibility index (Phi) is 5.05. The van der Waals surface area contributed by atoms with Gasteiger partial charge in [-0.25, -0.2) is 18.1 Å². The van der Waals surface area contributed by atoms with Crippen molar-refractivity contribution in [2.45, 2.75) is 51.2 Å². The van der Waals surface area contributed by atoms with Crippen LogP contribution in [-0.4, -0.2) is 53.6 Å². The predicted octanol–water partition coefficient (Wildman–Crippen LogP) is 1.77. The van der Waals surface area contributed by atoms with Gasteiger partial charge in [0.25, 0.3) is 0 Å². The molecular weight excluding hydrogens is 364 g/mol. The quantitative estimate of drug-likeness (QED) is 0.723. The number of aliphatic imine (C=N–C) groups is 1. The highest BCUT2D eigenvalue weighted by atomic mass is 32.2. The highest BCUT2D eigenvalue weighted by Gasteiger charge is 2.37. The number of rotatable bonds is 5. The van der Waals surface area contributed by atoms with Crippen LogP contribution in [-0.2, 0) is 16.4 Å². The van der Waals surface area contributed by atoms with Gasteiger partial charge in [-0.05, 0) is 37.3 Å². The molecule has 27 heavy (non-hydrogen) atoms. The van der Waals surface area contributed by atoms with Crippen molar-refractivity contribution < 1.29 is 13.5 Å². The number of hydrogen-bond acceptors (Lipinski definition) is 5. The molecule has 0 bridgehead atoms. The van der Waals surface area contributed by atoms with Gasteiger partial charge in [-0.15, -0.1) is 0 Å². The normalized spacial score (nSPS) is 27.9. The van der Waals surface area contributed by atoms with Crippen molar-refractivity contribution in [3.63, 3.8) is 0 Å². The molecular formula is C19H26N4O3S. The van der Waals surface area contributed by atoms with Gasteiger partial charge in [0, 0.05) is 54.0 Å². The van der Waals surface area contributed by atoms with Crippen LogP contribution in [0, 0.1) is 5.92 Å². The minimum Gasteiger partial charge on any atom is -0.393 e. The number of hydrogen-bond donors (Lipinski definition) is 3. The molecule has 2 aromatic heterocycles. The maximum atomic E-state index is 12.0. The lowest BCUT2D eigenvalue weighted by Crippen LogP contribution is -2.47. The predicted molar refractivity (Wildman–Crippen MR) is 106 cm³/mol. The van der Waals surface area contributed by atoms with Gasteiger partial charge in [0.1, 0.15) is 5.65 Å². The molecule has 0 amide bonds. The first kappa shape index (κ1) is 18.6. The first-order valence-corrected chi connectivity index (χ1v) is 11.3. The van der Waals surface area contributed by atoms with E-state index in [-0.39, 0.29) is 17.7 Å². The summed E-state index contributed by atoms with van der Waals surface area (Å²) in [4.78, 5) is 12.4. The molecule has 0 saturated heterocycles. The molecule has 1 fully saturated rings. The summed E-state index contributed by atoms with van der Waals surface area (Å²) in [5.74, 6) is 0.402. The first-order valence-electron chi connectivity index (χ1n) is 9.64. The Hall–Kier alpha value is -1.77. The van der Waals surface area contributed by atoms with Gasteiger partial charge in [-0.2, -0.15) is 0 Å². The molecule has 8 heteroatoms. The molecule has 2 aromatic rings. The maximum Gasteiger partial charge on any atom is 0.211 e. The number of H-pyrrole nitrogens is 1. The fraction of sp³-hybridized carbons (Fsp3) is 0.579. The van der Waals surface area contributed by atoms with Crippen molar-refractivity contribution in [1.29, 1.82) is 0 Å². The summed E-state index contributed by atoms with van der Waals surface area (Å²) in [5.41, 5.74) is 3.94. The third-order valence-electron chi connectivity index (χ3n) is 5.47. The van der Waals surface area contributed by atoms with E-state index in [2.05, 4.69) is 14.7 Å². The van der Waals surface area contributed by atoms with Gasteiger partial charge in [0.15, 0.2) is 0 Å². The standard InChI is InChI=1S/C19H26N4O3S/c1-2-7-27(25,26)23-14-8-12(9-14)18-17-13(10-15(24)3-5-20-18)11-22-19-16(17)4-6-21-19/h4,6,11-12,14-15,23-24H,2-3,5,7-10H2,1H3,(H,21,22)/b20-18-/t12-,14+,15?. The van der Waals surface area contributed by atoms with Gasteiger partial charge in [0.2, 0.25) is 10.0 Å². The number of nitrogens with one attached hydrogen (secondary N) is 2. The SMILES string of the molecule is CCCS(=O)(=O)N[C@H]1C[C@@H](/C2=N/CCC(O)Cc3cnc4[nH]ccc4c32)C1. The average Bonchev–Trinajstić information content (AvgIpc) is 3.02. The Balaban J connectivity index is 1.61. The van der Waals surface area contributed by atoms with E-state index in [9.17, 15) is 13.5 Å². The molecule has 3 N–H and O–H groups in total. The summed E-state index contributed by atoms with van der Waals surface area (Å²) in [7, 11) is -3.19. The molecule has 4 rings (SSSR count). The molecule has 146 valence electrons. The highest BCUT2D eigenvalue weighted by molar-refractivity contribution is 7.89. The summed E-state index contributed by atoms with van der Waals surface area (Å²) in [5, 5.41) is 11.2. The number of aromatic amines is 1. The van der Waals surface area contributed by atoms with Crippen LogP contribution in [0.5, 0.6) is 0 Å². The summed E-state index contributed by atoms with van der Waals surface area (Å²) in [6.45, 7) is 2.46. The van der Waals surface area contributed by atoms with Gasteiger partial charge >= 0.3 is 0 Å². The molecule has 0 spiro atoms. The lowest BCUT2D eigenvalue weighted by atomic mass is 9.74. The van der Waals surface area contributed by atoms with Crippen molar-refractivity contribution in [3.8, 4) is 0 Å². The van der Waals surface area contributed by atoms with Gasteiger partial charge in [-0.1, -0.05) is 6.92 Å². The van der Waals surface area contributed by atoms with E-state index in [1.54, 1.807) is 0 Å². The van der Waals surface area contributed by atoms with Crippen molar-refractivity contribution in [3.05, 3.63) is 29.6 Å². The minimum absolute atomic E-state index is 0.0164. The molecule has 1 aliphatic heterocycles. The number of nitrogens with zero attached hydrogens (tertiary/aromatic N) is 2. The summed E-state index contributed by atoms with van der Waals surface area (Å²) in [6.07, 6.45) is 6.63. The molecule has 1 saturated carbocycles. The number of pyridine rings is 1. The summed E-state index contributed by atoms with van der Waals surface area (Å²) >= 11 is 0. The van der Waals surface area contributed by atoms with E-state index in [0.717, 1.165) is 40.7 Å². The third-order valence-corrected chi connectivity index (χ3v) is 7.10. The Bertz CT molecular complexity index is 960. The maximum absolute atomic E-state index is 12.0. The zero-order valence-corrected chi connectivity index (χ0v) is 16.3. The van der Waals surface area contributed by atoms with Crippen LogP contribution in [0.15, 0.2) is 23.5 Å². The van der Waals surface area contributed by atoms with Crippen molar-refractivity contribution in [1.82, 2.24) is 14.7 Å². The average molecular weight is 391 g/mol. The molecule has 2 aliphatic rings. The van der Waals surface area contributed by atoms with Crippen molar-refractivity contribution >= 4 is 26.8 Å². The largest absolute Gasteiger partial charge is 0.393 e. The summed E-state index contributed by atoms with van der Waals surface area (Å²) in [6, 6.07) is 1.99. The Morgan fingerprint density at radius 1 is 1.37 bits per heavy atom. The summed E-state index contributed by atoms with van der Waals surface area (Å²) < 4.78 is 26.8. The molecule has 3 heterocycles. The topological polar surface area (TPSA) is 107 Å². The Morgan fingerprint density at radius 3 is 2.96 bits per heavy atom. The molecule has 1 unspecified atom stereocenters. The first-order chi connectivity index (χ1) is 13.0. The third kappa shape index (κ3) is 3.79. The zero-order chi connectivity index (χ0) is 19.0. The molecule has 1 aliphatic carbocycles. The molecule has 0 radical (unpaired) electrons. The minimum atomic E-state index is -3.19. The van der Waals surface area contributed by atoms with Crippen LogP contribution in [0.2, 0.25) is 0 Å². The smallest absolute Gasteiger partial charge is 0.211 e. The number of fused-ring (bicyclic) bond motifs is 3. The number of aliphatic hydroxyl groups is 1. The van der Waals surface area contributed by atoms with Crippen LogP contribution in [0.25, 0.3) is 11.0 Å². The van der Waals surface area contributed by atoms with E-state index in [4.69, 9.17) is 4.99 Å². The van der Waals surface area contributed by atoms with E-state index >= 15 is 0 Å². The van der Waals surface area contributed by atoms with Crippen LogP contribution in [0.1, 0.15) is 43.7 Å². The zero-order valence-electron chi connectivity index (χ0n) is 15.5. The second kappa shape index (κ2) is 7.33. The van der Waals surface area contributed by atoms with Crippen LogP contribution < -0.4 is 4.72 Å². The van der Waals surface area contributed by atoms with Crippen LogP contribution in [0.4, 0.5) is 0 Å². The molecule has 0 aromatic carbocycles. The Labute approximate surface area is 159 Å². The van der Waals surface area contributed by atoms with Crippen LogP contribution >= 0.6 is 0 Å².